The van der Waals surface area contributed by atoms with Gasteiger partial charge in [-0.1, -0.05) is 30.3 Å². The van der Waals surface area contributed by atoms with Crippen LogP contribution in [0.1, 0.15) is 11.1 Å². The van der Waals surface area contributed by atoms with Crippen molar-refractivity contribution in [3.63, 3.8) is 0 Å². The summed E-state index contributed by atoms with van der Waals surface area (Å²) in [6.07, 6.45) is 0.289. The summed E-state index contributed by atoms with van der Waals surface area (Å²) in [5, 5.41) is 6.02. The number of hydrogen-bond donors (Lipinski definition) is 2. The molecule has 0 aliphatic rings. The van der Waals surface area contributed by atoms with Gasteiger partial charge in [0.25, 0.3) is 0 Å². The molecule has 0 unspecified atom stereocenters. The Morgan fingerprint density at radius 1 is 1.07 bits per heavy atom. The highest BCUT2D eigenvalue weighted by Gasteiger charge is 2.07. The van der Waals surface area contributed by atoms with E-state index in [9.17, 15) is 13.6 Å². The third kappa shape index (κ3) is 7.05. The summed E-state index contributed by atoms with van der Waals surface area (Å²) in [4.78, 5) is 17.7. The van der Waals surface area contributed by atoms with Crippen LogP contribution in [-0.4, -0.2) is 44.0 Å². The minimum absolute atomic E-state index is 0.0853. The van der Waals surface area contributed by atoms with Gasteiger partial charge in [-0.3, -0.25) is 4.79 Å². The third-order valence-electron chi connectivity index (χ3n) is 3.86. The van der Waals surface area contributed by atoms with Gasteiger partial charge in [-0.05, 0) is 35.7 Å². The Morgan fingerprint density at radius 3 is 2.52 bits per heavy atom. The SMILES string of the molecule is CN(C)C(=O)CNC(=NCc1ccccc1)NCCc1cc(F)ccc1F. The molecule has 2 rings (SSSR count). The highest BCUT2D eigenvalue weighted by atomic mass is 19.1. The third-order valence-corrected chi connectivity index (χ3v) is 3.86. The van der Waals surface area contributed by atoms with Crippen molar-refractivity contribution in [2.24, 2.45) is 4.99 Å². The molecule has 0 bridgehead atoms. The highest BCUT2D eigenvalue weighted by Crippen LogP contribution is 2.09. The van der Waals surface area contributed by atoms with Crippen molar-refractivity contribution < 1.29 is 13.6 Å². The van der Waals surface area contributed by atoms with Gasteiger partial charge in [0.2, 0.25) is 5.91 Å². The molecular weight excluding hydrogens is 350 g/mol. The zero-order valence-corrected chi connectivity index (χ0v) is 15.5. The number of nitrogens with one attached hydrogen (secondary N) is 2. The number of amides is 1. The molecule has 0 aromatic heterocycles. The molecule has 2 aromatic carbocycles. The second kappa shape index (κ2) is 10.3. The van der Waals surface area contributed by atoms with E-state index in [1.807, 2.05) is 30.3 Å². The molecule has 0 aliphatic heterocycles. The Bertz CT molecular complexity index is 779. The van der Waals surface area contributed by atoms with Crippen LogP contribution in [0, 0.1) is 11.6 Å². The van der Waals surface area contributed by atoms with Crippen LogP contribution in [0.25, 0.3) is 0 Å². The van der Waals surface area contributed by atoms with E-state index in [1.54, 1.807) is 14.1 Å². The lowest BCUT2D eigenvalue weighted by atomic mass is 10.1. The molecule has 7 heteroatoms. The Balaban J connectivity index is 1.97. The van der Waals surface area contributed by atoms with Gasteiger partial charge >= 0.3 is 0 Å². The van der Waals surface area contributed by atoms with Crippen molar-refractivity contribution in [3.8, 4) is 0 Å². The lowest BCUT2D eigenvalue weighted by Crippen LogP contribution is -2.43. The van der Waals surface area contributed by atoms with E-state index in [2.05, 4.69) is 15.6 Å². The topological polar surface area (TPSA) is 56.7 Å². The van der Waals surface area contributed by atoms with E-state index in [4.69, 9.17) is 0 Å². The van der Waals surface area contributed by atoms with Gasteiger partial charge < -0.3 is 15.5 Å². The second-order valence-corrected chi connectivity index (χ2v) is 6.20. The maximum absolute atomic E-state index is 13.7. The van der Waals surface area contributed by atoms with E-state index < -0.39 is 11.6 Å². The zero-order chi connectivity index (χ0) is 19.6. The van der Waals surface area contributed by atoms with Crippen LogP contribution in [0.15, 0.2) is 53.5 Å². The van der Waals surface area contributed by atoms with E-state index in [0.29, 0.717) is 19.0 Å². The van der Waals surface area contributed by atoms with Gasteiger partial charge in [0, 0.05) is 20.6 Å². The number of halogens is 2. The van der Waals surface area contributed by atoms with Gasteiger partial charge in [-0.2, -0.15) is 0 Å². The van der Waals surface area contributed by atoms with Crippen LogP contribution in [-0.2, 0) is 17.8 Å². The summed E-state index contributed by atoms with van der Waals surface area (Å²) in [6, 6.07) is 13.1. The molecule has 5 nitrogen and oxygen atoms in total. The Labute approximate surface area is 158 Å². The van der Waals surface area contributed by atoms with Gasteiger partial charge in [-0.25, -0.2) is 13.8 Å². The summed E-state index contributed by atoms with van der Waals surface area (Å²) in [5.74, 6) is -0.581. The van der Waals surface area contributed by atoms with Crippen LogP contribution in [0.3, 0.4) is 0 Å². The molecule has 0 atom stereocenters. The molecule has 144 valence electrons. The fraction of sp³-hybridized carbons (Fsp3) is 0.300. The number of hydrogen-bond acceptors (Lipinski definition) is 2. The van der Waals surface area contributed by atoms with Gasteiger partial charge in [-0.15, -0.1) is 0 Å². The largest absolute Gasteiger partial charge is 0.356 e. The summed E-state index contributed by atoms with van der Waals surface area (Å²) < 4.78 is 27.0. The second-order valence-electron chi connectivity index (χ2n) is 6.20. The summed E-state index contributed by atoms with van der Waals surface area (Å²) in [5.41, 5.74) is 1.31. The number of rotatable bonds is 7. The smallest absolute Gasteiger partial charge is 0.241 e. The quantitative estimate of drug-likeness (QED) is 0.578. The van der Waals surface area contributed by atoms with Crippen LogP contribution in [0.2, 0.25) is 0 Å². The highest BCUT2D eigenvalue weighted by molar-refractivity contribution is 5.86. The summed E-state index contributed by atoms with van der Waals surface area (Å²) in [7, 11) is 3.34. The van der Waals surface area contributed by atoms with Gasteiger partial charge in [0.15, 0.2) is 5.96 Å². The molecule has 0 saturated heterocycles. The van der Waals surface area contributed by atoms with E-state index in [1.165, 1.54) is 11.0 Å². The first-order valence-corrected chi connectivity index (χ1v) is 8.66. The number of carbonyl (C=O) groups is 1. The monoisotopic (exact) mass is 374 g/mol. The standard InChI is InChI=1S/C20H24F2N4O/c1-26(2)19(27)14-25-20(24-13-15-6-4-3-5-7-15)23-11-10-16-12-17(21)8-9-18(16)22/h3-9,12H,10-11,13-14H2,1-2H3,(H2,23,24,25). The van der Waals surface area contributed by atoms with Crippen LogP contribution in [0.4, 0.5) is 8.78 Å². The number of guanidine groups is 1. The number of benzene rings is 2. The lowest BCUT2D eigenvalue weighted by molar-refractivity contribution is -0.127. The van der Waals surface area contributed by atoms with Gasteiger partial charge in [0.1, 0.15) is 11.6 Å². The Hall–Kier alpha value is -2.96. The van der Waals surface area contributed by atoms with Crippen molar-refractivity contribution in [3.05, 3.63) is 71.3 Å². The average molecular weight is 374 g/mol. The molecule has 1 amide bonds. The molecule has 0 radical (unpaired) electrons. The number of carbonyl (C=O) groups excluding carboxylic acids is 1. The maximum atomic E-state index is 13.7. The predicted octanol–water partition coefficient (Wildman–Crippen LogP) is 2.33. The number of nitrogens with zero attached hydrogens (tertiary/aromatic N) is 2. The normalized spacial score (nSPS) is 11.2. The molecule has 0 aliphatic carbocycles. The first-order valence-electron chi connectivity index (χ1n) is 8.66. The molecule has 2 N–H and O–H groups in total. The molecule has 0 fully saturated rings. The van der Waals surface area contributed by atoms with Crippen molar-refractivity contribution >= 4 is 11.9 Å². The Morgan fingerprint density at radius 2 is 1.81 bits per heavy atom. The molecular formula is C20H24F2N4O. The van der Waals surface area contributed by atoms with E-state index in [0.717, 1.165) is 17.7 Å². The Kier molecular flexibility index (Phi) is 7.73. The first-order chi connectivity index (χ1) is 13.0. The fourth-order valence-electron chi connectivity index (χ4n) is 2.30. The summed E-state index contributed by atoms with van der Waals surface area (Å²) in [6.45, 7) is 0.861. The molecule has 0 heterocycles. The summed E-state index contributed by atoms with van der Waals surface area (Å²) >= 11 is 0. The van der Waals surface area contributed by atoms with Crippen molar-refractivity contribution in [2.75, 3.05) is 27.2 Å². The van der Waals surface area contributed by atoms with Gasteiger partial charge in [0.05, 0.1) is 13.1 Å². The predicted molar refractivity (Wildman–Crippen MR) is 102 cm³/mol. The van der Waals surface area contributed by atoms with Crippen LogP contribution in [0.5, 0.6) is 0 Å². The molecule has 27 heavy (non-hydrogen) atoms. The maximum Gasteiger partial charge on any atom is 0.241 e. The lowest BCUT2D eigenvalue weighted by Gasteiger charge is -2.15. The van der Waals surface area contributed by atoms with Crippen LogP contribution >= 0.6 is 0 Å². The molecule has 2 aromatic rings. The fourth-order valence-corrected chi connectivity index (χ4v) is 2.30. The van der Waals surface area contributed by atoms with E-state index in [-0.39, 0.29) is 24.4 Å². The van der Waals surface area contributed by atoms with Crippen molar-refractivity contribution in [1.29, 1.82) is 0 Å². The number of aliphatic imine (C=N–C) groups is 1. The minimum atomic E-state index is -0.473. The molecule has 0 saturated carbocycles. The van der Waals surface area contributed by atoms with Crippen LogP contribution < -0.4 is 10.6 Å². The number of likely N-dealkylation sites (N-methyl/N-ethyl adjacent to an activating group) is 1. The minimum Gasteiger partial charge on any atom is -0.356 e. The first kappa shape index (κ1) is 20.4. The van der Waals surface area contributed by atoms with E-state index >= 15 is 0 Å². The van der Waals surface area contributed by atoms with Crippen molar-refractivity contribution in [1.82, 2.24) is 15.5 Å². The zero-order valence-electron chi connectivity index (χ0n) is 15.5. The molecule has 0 spiro atoms. The van der Waals surface area contributed by atoms with Crippen molar-refractivity contribution in [2.45, 2.75) is 13.0 Å². The average Bonchev–Trinajstić information content (AvgIpc) is 2.66.